The zero-order valence-electron chi connectivity index (χ0n) is 12.5. The molecule has 3 N–H and O–H groups in total. The Hall–Kier alpha value is -0.160. The average Bonchev–Trinajstić information content (AvgIpc) is 2.41. The van der Waals surface area contributed by atoms with E-state index in [1.54, 1.807) is 0 Å². The van der Waals surface area contributed by atoms with Crippen LogP contribution in [0.25, 0.3) is 0 Å². The summed E-state index contributed by atoms with van der Waals surface area (Å²) in [6.45, 7) is 3.40. The first-order chi connectivity index (χ1) is 9.51. The number of nitrogens with zero attached hydrogens (tertiary/aromatic N) is 1. The van der Waals surface area contributed by atoms with Crippen LogP contribution in [0, 0.1) is 11.3 Å². The van der Waals surface area contributed by atoms with Crippen LogP contribution in [0.5, 0.6) is 0 Å². The van der Waals surface area contributed by atoms with Gasteiger partial charge >= 0.3 is 0 Å². The van der Waals surface area contributed by atoms with Gasteiger partial charge in [-0.3, -0.25) is 4.90 Å². The normalized spacial score (nSPS) is 42.6. The molecule has 1 spiro atoms. The Morgan fingerprint density at radius 3 is 2.20 bits per heavy atom. The number of likely N-dealkylation sites (tertiary alicyclic amines) is 1. The maximum Gasteiger partial charge on any atom is 0.108 e. The highest BCUT2D eigenvalue weighted by Gasteiger charge is 2.42. The van der Waals surface area contributed by atoms with Crippen LogP contribution in [-0.2, 0) is 0 Å². The van der Waals surface area contributed by atoms with E-state index in [-0.39, 0.29) is 6.04 Å². The minimum absolute atomic E-state index is 0.0620. The lowest BCUT2D eigenvalue weighted by Gasteiger charge is -2.49. The summed E-state index contributed by atoms with van der Waals surface area (Å²) in [5, 5.41) is 29.6. The summed E-state index contributed by atoms with van der Waals surface area (Å²) in [6, 6.07) is -0.0620. The number of hydrogen-bond donors (Lipinski definition) is 3. The van der Waals surface area contributed by atoms with Crippen LogP contribution in [-0.4, -0.2) is 57.7 Å². The van der Waals surface area contributed by atoms with Gasteiger partial charge in [-0.25, -0.2) is 0 Å². The summed E-state index contributed by atoms with van der Waals surface area (Å²) < 4.78 is 0. The molecule has 2 aliphatic carbocycles. The Labute approximate surface area is 121 Å². The highest BCUT2D eigenvalue weighted by Crippen LogP contribution is 2.52. The van der Waals surface area contributed by atoms with E-state index in [1.165, 1.54) is 44.9 Å². The molecule has 4 atom stereocenters. The number of rotatable bonds is 2. The van der Waals surface area contributed by atoms with Crippen LogP contribution >= 0.6 is 0 Å². The second-order valence-electron chi connectivity index (χ2n) is 7.54. The zero-order valence-corrected chi connectivity index (χ0v) is 12.5. The van der Waals surface area contributed by atoms with Crippen molar-refractivity contribution >= 4 is 0 Å². The van der Waals surface area contributed by atoms with Crippen LogP contribution < -0.4 is 0 Å². The van der Waals surface area contributed by atoms with Crippen molar-refractivity contribution in [1.29, 1.82) is 0 Å². The first kappa shape index (κ1) is 14.8. The fraction of sp³-hybridized carbons (Fsp3) is 1.00. The lowest BCUT2D eigenvalue weighted by molar-refractivity contribution is -0.136. The van der Waals surface area contributed by atoms with Gasteiger partial charge in [0.1, 0.15) is 6.10 Å². The number of aliphatic hydroxyl groups is 3. The maximum absolute atomic E-state index is 10.00. The molecule has 4 heteroatoms. The number of hydrogen-bond acceptors (Lipinski definition) is 4. The van der Waals surface area contributed by atoms with E-state index in [2.05, 4.69) is 4.90 Å². The Morgan fingerprint density at radius 1 is 1.00 bits per heavy atom. The van der Waals surface area contributed by atoms with E-state index in [0.717, 1.165) is 6.54 Å². The van der Waals surface area contributed by atoms with Gasteiger partial charge in [0.05, 0.1) is 12.2 Å². The van der Waals surface area contributed by atoms with Crippen molar-refractivity contribution in [3.8, 4) is 0 Å². The molecule has 20 heavy (non-hydrogen) atoms. The van der Waals surface area contributed by atoms with Crippen molar-refractivity contribution in [2.45, 2.75) is 76.2 Å². The van der Waals surface area contributed by atoms with Gasteiger partial charge in [0, 0.05) is 19.1 Å². The van der Waals surface area contributed by atoms with E-state index in [9.17, 15) is 15.3 Å². The van der Waals surface area contributed by atoms with Crippen molar-refractivity contribution in [2.24, 2.45) is 11.3 Å². The monoisotopic (exact) mass is 283 g/mol. The molecular weight excluding hydrogens is 254 g/mol. The first-order valence-corrected chi connectivity index (χ1v) is 8.29. The van der Waals surface area contributed by atoms with Gasteiger partial charge in [0.25, 0.3) is 0 Å². The predicted molar refractivity (Wildman–Crippen MR) is 77.3 cm³/mol. The smallest absolute Gasteiger partial charge is 0.108 e. The fourth-order valence-electron chi connectivity index (χ4n) is 4.47. The molecule has 0 radical (unpaired) electrons. The Bertz CT molecular complexity index is 335. The second-order valence-corrected chi connectivity index (χ2v) is 7.54. The van der Waals surface area contributed by atoms with E-state index < -0.39 is 18.3 Å². The minimum atomic E-state index is -0.995. The zero-order chi connectivity index (χ0) is 14.3. The second kappa shape index (κ2) is 5.56. The summed E-state index contributed by atoms with van der Waals surface area (Å²) >= 11 is 0. The molecule has 0 bridgehead atoms. The summed E-state index contributed by atoms with van der Waals surface area (Å²) in [5.74, 6) is 0.693. The third kappa shape index (κ3) is 2.63. The molecule has 0 aromatic rings. The number of piperidine rings is 1. The SMILES string of the molecule is C[C@@H]1[C@@H](O)[C@H](O)[C@@H](O)CN1CC1CCC2(CCC2)CC1. The number of aliphatic hydroxyl groups excluding tert-OH is 3. The molecule has 3 aliphatic rings. The molecule has 1 saturated heterocycles. The van der Waals surface area contributed by atoms with Crippen molar-refractivity contribution in [2.75, 3.05) is 13.1 Å². The molecule has 0 aromatic heterocycles. The topological polar surface area (TPSA) is 63.9 Å². The summed E-state index contributed by atoms with van der Waals surface area (Å²) in [7, 11) is 0. The van der Waals surface area contributed by atoms with E-state index in [4.69, 9.17) is 0 Å². The minimum Gasteiger partial charge on any atom is -0.389 e. The van der Waals surface area contributed by atoms with Gasteiger partial charge in [-0.2, -0.15) is 0 Å². The summed E-state index contributed by atoms with van der Waals surface area (Å²) in [6.07, 6.45) is 6.96. The van der Waals surface area contributed by atoms with Crippen LogP contribution in [0.2, 0.25) is 0 Å². The van der Waals surface area contributed by atoms with Gasteiger partial charge in [0.15, 0.2) is 0 Å². The van der Waals surface area contributed by atoms with E-state index in [0.29, 0.717) is 17.9 Å². The predicted octanol–water partition coefficient (Wildman–Crippen LogP) is 1.13. The van der Waals surface area contributed by atoms with Gasteiger partial charge < -0.3 is 15.3 Å². The Balaban J connectivity index is 1.52. The molecule has 0 amide bonds. The van der Waals surface area contributed by atoms with Gasteiger partial charge in [-0.1, -0.05) is 6.42 Å². The first-order valence-electron chi connectivity index (χ1n) is 8.29. The van der Waals surface area contributed by atoms with Crippen LogP contribution in [0.3, 0.4) is 0 Å². The quantitative estimate of drug-likeness (QED) is 0.711. The lowest BCUT2D eigenvalue weighted by atomic mass is 9.59. The molecule has 3 fully saturated rings. The molecule has 2 saturated carbocycles. The van der Waals surface area contributed by atoms with Crippen molar-refractivity contribution < 1.29 is 15.3 Å². The summed E-state index contributed by atoms with van der Waals surface area (Å²) in [5.41, 5.74) is 0.694. The molecule has 116 valence electrons. The molecular formula is C16H29NO3. The van der Waals surface area contributed by atoms with Crippen LogP contribution in [0.15, 0.2) is 0 Å². The van der Waals surface area contributed by atoms with Gasteiger partial charge in [0.2, 0.25) is 0 Å². The molecule has 1 heterocycles. The average molecular weight is 283 g/mol. The summed E-state index contributed by atoms with van der Waals surface area (Å²) in [4.78, 5) is 2.17. The highest BCUT2D eigenvalue weighted by atomic mass is 16.4. The Kier molecular flexibility index (Phi) is 4.10. The lowest BCUT2D eigenvalue weighted by Crippen LogP contribution is -2.61. The van der Waals surface area contributed by atoms with Crippen molar-refractivity contribution in [3.63, 3.8) is 0 Å². The van der Waals surface area contributed by atoms with E-state index in [1.807, 2.05) is 6.92 Å². The van der Waals surface area contributed by atoms with Crippen LogP contribution in [0.1, 0.15) is 51.9 Å². The third-order valence-corrected chi connectivity index (χ3v) is 6.31. The van der Waals surface area contributed by atoms with Gasteiger partial charge in [-0.05, 0) is 56.8 Å². The third-order valence-electron chi connectivity index (χ3n) is 6.31. The van der Waals surface area contributed by atoms with Gasteiger partial charge in [-0.15, -0.1) is 0 Å². The number of β-amino-alcohol motifs (C(OH)–C–C–N with tert-alkyl or cyclic N) is 1. The molecule has 1 aliphatic heterocycles. The highest BCUT2D eigenvalue weighted by molar-refractivity contribution is 4.95. The standard InChI is InChI=1S/C16H29NO3/c1-11-14(19)15(20)13(18)10-17(11)9-12-3-7-16(8-4-12)5-2-6-16/h11-15,18-20H,2-10H2,1H3/t11-,13+,14-,15-/m1/s1. The van der Waals surface area contributed by atoms with Crippen LogP contribution in [0.4, 0.5) is 0 Å². The molecule has 0 aromatic carbocycles. The molecule has 4 nitrogen and oxygen atoms in total. The molecule has 0 unspecified atom stereocenters. The van der Waals surface area contributed by atoms with Crippen molar-refractivity contribution in [1.82, 2.24) is 4.90 Å². The fourth-order valence-corrected chi connectivity index (χ4v) is 4.47. The van der Waals surface area contributed by atoms with E-state index >= 15 is 0 Å². The van der Waals surface area contributed by atoms with Crippen molar-refractivity contribution in [3.05, 3.63) is 0 Å². The maximum atomic E-state index is 10.00. The molecule has 3 rings (SSSR count). The largest absolute Gasteiger partial charge is 0.389 e. The Morgan fingerprint density at radius 2 is 1.65 bits per heavy atom.